The van der Waals surface area contributed by atoms with Crippen molar-refractivity contribution in [3.05, 3.63) is 36.5 Å². The van der Waals surface area contributed by atoms with E-state index in [2.05, 4.69) is 22.2 Å². The zero-order chi connectivity index (χ0) is 24.2. The molecule has 1 unspecified atom stereocenters. The summed E-state index contributed by atoms with van der Waals surface area (Å²) >= 11 is 1.63. The third kappa shape index (κ3) is 5.12. The number of para-hydroxylation sites is 1. The largest absolute Gasteiger partial charge is 0.356 e. The molecule has 9 nitrogen and oxygen atoms in total. The maximum absolute atomic E-state index is 12.8. The van der Waals surface area contributed by atoms with Gasteiger partial charge in [0.1, 0.15) is 5.82 Å². The van der Waals surface area contributed by atoms with Crippen LogP contribution in [-0.2, 0) is 16.1 Å². The Morgan fingerprint density at radius 2 is 1.94 bits per heavy atom. The highest BCUT2D eigenvalue weighted by Gasteiger charge is 2.34. The Bertz CT molecular complexity index is 1190. The third-order valence-corrected chi connectivity index (χ3v) is 7.30. The minimum Gasteiger partial charge on any atom is -0.356 e. The van der Waals surface area contributed by atoms with E-state index in [0.29, 0.717) is 19.6 Å². The standard InChI is InChI=1S/C25H31N7O2S/c1-2-35-25-28-22(30-12-7-4-8-13-30)20-16-27-32(23(20)29-25)14-11-26-24(34)18-15-21(33)31(17-18)19-9-5-3-6-10-19/h3,5-6,9-10,16,18H,2,4,7-8,11-15,17H2,1H3,(H,26,34). The summed E-state index contributed by atoms with van der Waals surface area (Å²) in [6, 6.07) is 9.50. The van der Waals surface area contributed by atoms with Crippen molar-refractivity contribution >= 4 is 46.1 Å². The molecule has 0 aliphatic carbocycles. The average molecular weight is 494 g/mol. The van der Waals surface area contributed by atoms with Crippen molar-refractivity contribution < 1.29 is 9.59 Å². The van der Waals surface area contributed by atoms with Gasteiger partial charge in [-0.1, -0.05) is 36.9 Å². The van der Waals surface area contributed by atoms with E-state index in [-0.39, 0.29) is 24.2 Å². The first-order valence-electron chi connectivity index (χ1n) is 12.4. The third-order valence-electron chi connectivity index (χ3n) is 6.57. The first kappa shape index (κ1) is 23.6. The number of carbonyl (C=O) groups excluding carboxylic acids is 2. The van der Waals surface area contributed by atoms with Crippen LogP contribution in [0.2, 0.25) is 0 Å². The summed E-state index contributed by atoms with van der Waals surface area (Å²) in [6.45, 7) is 5.44. The van der Waals surface area contributed by atoms with Gasteiger partial charge in [0.15, 0.2) is 10.8 Å². The first-order valence-corrected chi connectivity index (χ1v) is 13.4. The number of rotatable bonds is 8. The summed E-state index contributed by atoms with van der Waals surface area (Å²) in [5.41, 5.74) is 1.64. The number of fused-ring (bicyclic) bond motifs is 1. The maximum atomic E-state index is 12.8. The zero-order valence-corrected chi connectivity index (χ0v) is 20.8. The molecule has 1 atom stereocenters. The molecule has 1 aromatic carbocycles. The second-order valence-corrected chi connectivity index (χ2v) is 10.2. The van der Waals surface area contributed by atoms with Crippen LogP contribution < -0.4 is 15.1 Å². The number of carbonyl (C=O) groups is 2. The van der Waals surface area contributed by atoms with E-state index < -0.39 is 0 Å². The molecule has 2 aromatic heterocycles. The van der Waals surface area contributed by atoms with Gasteiger partial charge < -0.3 is 15.1 Å². The van der Waals surface area contributed by atoms with Crippen LogP contribution in [0.4, 0.5) is 11.5 Å². The lowest BCUT2D eigenvalue weighted by Gasteiger charge is -2.28. The van der Waals surface area contributed by atoms with Crippen molar-refractivity contribution in [3.63, 3.8) is 0 Å². The van der Waals surface area contributed by atoms with Gasteiger partial charge in [0.2, 0.25) is 11.8 Å². The number of nitrogens with one attached hydrogen (secondary N) is 1. The number of hydrogen-bond donors (Lipinski definition) is 1. The molecule has 3 aromatic rings. The Morgan fingerprint density at radius 3 is 2.71 bits per heavy atom. The van der Waals surface area contributed by atoms with Gasteiger partial charge in [-0.3, -0.25) is 9.59 Å². The summed E-state index contributed by atoms with van der Waals surface area (Å²) < 4.78 is 1.85. The second kappa shape index (κ2) is 10.6. The molecule has 2 aliphatic heterocycles. The van der Waals surface area contributed by atoms with Crippen molar-refractivity contribution in [2.75, 3.05) is 41.7 Å². The maximum Gasteiger partial charge on any atom is 0.227 e. The molecule has 0 bridgehead atoms. The molecule has 0 saturated carbocycles. The van der Waals surface area contributed by atoms with Gasteiger partial charge in [-0.15, -0.1) is 0 Å². The number of anilines is 2. The van der Waals surface area contributed by atoms with Crippen LogP contribution >= 0.6 is 11.8 Å². The van der Waals surface area contributed by atoms with Crippen LogP contribution in [0.15, 0.2) is 41.7 Å². The van der Waals surface area contributed by atoms with Crippen LogP contribution in [-0.4, -0.2) is 63.5 Å². The summed E-state index contributed by atoms with van der Waals surface area (Å²) in [4.78, 5) is 38.9. The predicted octanol–water partition coefficient (Wildman–Crippen LogP) is 3.10. The van der Waals surface area contributed by atoms with Gasteiger partial charge in [0, 0.05) is 38.3 Å². The highest BCUT2D eigenvalue weighted by atomic mass is 32.2. The molecule has 5 rings (SSSR count). The molecule has 0 spiro atoms. The average Bonchev–Trinajstić information content (AvgIpc) is 3.48. The lowest BCUT2D eigenvalue weighted by Crippen LogP contribution is -2.35. The normalized spacial score (nSPS) is 18.4. The van der Waals surface area contributed by atoms with Crippen molar-refractivity contribution in [2.45, 2.75) is 44.3 Å². The molecular weight excluding hydrogens is 462 g/mol. The summed E-state index contributed by atoms with van der Waals surface area (Å²) in [5, 5.41) is 9.29. The number of thioether (sulfide) groups is 1. The van der Waals surface area contributed by atoms with Gasteiger partial charge in [-0.2, -0.15) is 5.10 Å². The summed E-state index contributed by atoms with van der Waals surface area (Å²) in [6.07, 6.45) is 5.68. The molecule has 1 N–H and O–H groups in total. The highest BCUT2D eigenvalue weighted by molar-refractivity contribution is 7.99. The van der Waals surface area contributed by atoms with E-state index in [1.54, 1.807) is 16.7 Å². The van der Waals surface area contributed by atoms with Gasteiger partial charge in [-0.25, -0.2) is 14.6 Å². The number of hydrogen-bond acceptors (Lipinski definition) is 7. The SMILES string of the molecule is CCSc1nc(N2CCCCC2)c2cnn(CCNC(=O)C3CC(=O)N(c4ccccc4)C3)c2n1. The summed E-state index contributed by atoms with van der Waals surface area (Å²) in [5.74, 6) is 1.40. The van der Waals surface area contributed by atoms with Crippen molar-refractivity contribution in [1.29, 1.82) is 0 Å². The van der Waals surface area contributed by atoms with Crippen LogP contribution in [0.5, 0.6) is 0 Å². The van der Waals surface area contributed by atoms with E-state index in [0.717, 1.165) is 46.5 Å². The lowest BCUT2D eigenvalue weighted by atomic mass is 10.1. The summed E-state index contributed by atoms with van der Waals surface area (Å²) in [7, 11) is 0. The van der Waals surface area contributed by atoms with Crippen molar-refractivity contribution in [3.8, 4) is 0 Å². The Kier molecular flexibility index (Phi) is 7.17. The molecule has 2 aliphatic rings. The Labute approximate surface area is 209 Å². The van der Waals surface area contributed by atoms with E-state index in [9.17, 15) is 9.59 Å². The van der Waals surface area contributed by atoms with Gasteiger partial charge in [-0.05, 0) is 37.1 Å². The quantitative estimate of drug-likeness (QED) is 0.380. The first-order chi connectivity index (χ1) is 17.1. The molecule has 10 heteroatoms. The Morgan fingerprint density at radius 1 is 1.14 bits per heavy atom. The molecule has 0 radical (unpaired) electrons. The Balaban J connectivity index is 1.25. The fourth-order valence-corrected chi connectivity index (χ4v) is 5.36. The fourth-order valence-electron chi connectivity index (χ4n) is 4.80. The van der Waals surface area contributed by atoms with E-state index in [1.165, 1.54) is 19.3 Å². The monoisotopic (exact) mass is 493 g/mol. The van der Waals surface area contributed by atoms with E-state index in [1.807, 2.05) is 41.2 Å². The topological polar surface area (TPSA) is 96.2 Å². The highest BCUT2D eigenvalue weighted by Crippen LogP contribution is 2.29. The van der Waals surface area contributed by atoms with Gasteiger partial charge in [0.05, 0.1) is 24.0 Å². The molecule has 2 amide bonds. The van der Waals surface area contributed by atoms with Crippen molar-refractivity contribution in [1.82, 2.24) is 25.1 Å². The van der Waals surface area contributed by atoms with Gasteiger partial charge >= 0.3 is 0 Å². The minimum atomic E-state index is -0.349. The number of nitrogens with zero attached hydrogens (tertiary/aromatic N) is 6. The molecule has 35 heavy (non-hydrogen) atoms. The van der Waals surface area contributed by atoms with Crippen LogP contribution in [0.25, 0.3) is 11.0 Å². The molecule has 4 heterocycles. The predicted molar refractivity (Wildman–Crippen MR) is 138 cm³/mol. The van der Waals surface area contributed by atoms with Crippen LogP contribution in [0, 0.1) is 5.92 Å². The minimum absolute atomic E-state index is 0.0164. The smallest absolute Gasteiger partial charge is 0.227 e. The number of amides is 2. The zero-order valence-electron chi connectivity index (χ0n) is 20.0. The second-order valence-electron chi connectivity index (χ2n) is 8.95. The number of aromatic nitrogens is 4. The Hall–Kier alpha value is -3.14. The van der Waals surface area contributed by atoms with Crippen LogP contribution in [0.1, 0.15) is 32.6 Å². The number of benzene rings is 1. The van der Waals surface area contributed by atoms with Crippen molar-refractivity contribution in [2.24, 2.45) is 5.92 Å². The van der Waals surface area contributed by atoms with E-state index in [4.69, 9.17) is 9.97 Å². The number of piperidine rings is 1. The van der Waals surface area contributed by atoms with Crippen LogP contribution in [0.3, 0.4) is 0 Å². The molecule has 184 valence electrons. The molecule has 2 fully saturated rings. The lowest BCUT2D eigenvalue weighted by molar-refractivity contribution is -0.126. The fraction of sp³-hybridized carbons (Fsp3) is 0.480. The van der Waals surface area contributed by atoms with E-state index >= 15 is 0 Å². The molecule has 2 saturated heterocycles. The molecular formula is C25H31N7O2S. The van der Waals surface area contributed by atoms with Gasteiger partial charge in [0.25, 0.3) is 0 Å².